The molecule has 0 aromatic rings. The van der Waals surface area contributed by atoms with Crippen LogP contribution in [0.2, 0.25) is 0 Å². The second-order valence-corrected chi connectivity index (χ2v) is 1.04. The maximum absolute atomic E-state index is 9.00. The van der Waals surface area contributed by atoms with Gasteiger partial charge in [-0.3, -0.25) is 9.59 Å². The summed E-state index contributed by atoms with van der Waals surface area (Å²) in [7, 11) is 0. The van der Waals surface area contributed by atoms with Crippen LogP contribution in [0.4, 0.5) is 0 Å². The van der Waals surface area contributed by atoms with Gasteiger partial charge in [0.1, 0.15) is 0 Å². The van der Waals surface area contributed by atoms with Crippen LogP contribution in [0.25, 0.3) is 0 Å². The summed E-state index contributed by atoms with van der Waals surface area (Å²) in [6.07, 6.45) is 0. The zero-order chi connectivity index (χ0) is 9.15. The van der Waals surface area contributed by atoms with Crippen molar-refractivity contribution in [1.82, 2.24) is 0 Å². The molecule has 0 aliphatic heterocycles. The van der Waals surface area contributed by atoms with Gasteiger partial charge in [-0.05, 0) is 0 Å². The van der Waals surface area contributed by atoms with Crippen LogP contribution in [0.15, 0.2) is 0 Å². The van der Waals surface area contributed by atoms with Crippen molar-refractivity contribution in [3.63, 3.8) is 0 Å². The number of carbonyl (C=O) groups is 2. The Bertz CT molecular complexity index is 75.3. The number of hydrogen-bond donors (Lipinski definition) is 2. The standard InChI is InChI=1S/2C2H4O2.BrH.Ga/c2*1-2(3)4;;/h2*1H3,(H,3,4);1H;/q;;;+1/p-1. The fourth-order valence-electron chi connectivity index (χ4n) is 0. The third kappa shape index (κ3) is 126000. The molecular weight excluding hydrogens is 262 g/mol. The van der Waals surface area contributed by atoms with E-state index in [9.17, 15) is 0 Å². The van der Waals surface area contributed by atoms with E-state index in [0.29, 0.717) is 0 Å². The molecule has 0 bridgehead atoms. The number of halogens is 1. The van der Waals surface area contributed by atoms with E-state index >= 15 is 0 Å². The first kappa shape index (κ1) is 16.6. The molecule has 0 aliphatic carbocycles. The van der Waals surface area contributed by atoms with Crippen LogP contribution < -0.4 is 0 Å². The van der Waals surface area contributed by atoms with Crippen LogP contribution in [0, 0.1) is 0 Å². The molecule has 6 heteroatoms. The van der Waals surface area contributed by atoms with Gasteiger partial charge in [-0.2, -0.15) is 0 Å². The molecule has 4 nitrogen and oxygen atoms in total. The molecule has 0 unspecified atom stereocenters. The Labute approximate surface area is 75.9 Å². The van der Waals surface area contributed by atoms with E-state index in [2.05, 4.69) is 13.6 Å². The number of rotatable bonds is 0. The average molecular weight is 270 g/mol. The third-order valence-electron chi connectivity index (χ3n) is 0. The van der Waals surface area contributed by atoms with Crippen molar-refractivity contribution < 1.29 is 19.8 Å². The van der Waals surface area contributed by atoms with Crippen molar-refractivity contribution in [1.29, 1.82) is 0 Å². The molecule has 0 aromatic carbocycles. The van der Waals surface area contributed by atoms with Gasteiger partial charge in [0.25, 0.3) is 11.9 Å². The molecule has 0 fully saturated rings. The molecule has 0 rings (SSSR count). The molecule has 2 N–H and O–H groups in total. The van der Waals surface area contributed by atoms with Gasteiger partial charge in [0.2, 0.25) is 0 Å². The van der Waals surface area contributed by atoms with Crippen LogP contribution >= 0.6 is 13.6 Å². The van der Waals surface area contributed by atoms with E-state index in [1.165, 1.54) is 16.6 Å². The van der Waals surface area contributed by atoms with Crippen molar-refractivity contribution in [2.75, 3.05) is 0 Å². The molecule has 0 heterocycles. The van der Waals surface area contributed by atoms with Gasteiger partial charge < -0.3 is 10.2 Å². The Hall–Kier alpha value is 0.0564. The summed E-state index contributed by atoms with van der Waals surface area (Å²) in [5.41, 5.74) is 0. The van der Waals surface area contributed by atoms with Crippen LogP contribution in [0.3, 0.4) is 0 Å². The van der Waals surface area contributed by atoms with E-state index in [1.54, 1.807) is 0 Å². The van der Waals surface area contributed by atoms with Gasteiger partial charge in [-0.25, -0.2) is 0 Å². The summed E-state index contributed by atoms with van der Waals surface area (Å²) in [6.45, 7) is 2.17. The topological polar surface area (TPSA) is 74.6 Å². The Morgan fingerprint density at radius 3 is 1.10 bits per heavy atom. The predicted molar refractivity (Wildman–Crippen MR) is 41.3 cm³/mol. The van der Waals surface area contributed by atoms with Crippen LogP contribution in [0.5, 0.6) is 0 Å². The molecule has 58 valence electrons. The molecule has 0 atom stereocenters. The molecule has 0 saturated carbocycles. The third-order valence-corrected chi connectivity index (χ3v) is 0. The molecule has 2 radical (unpaired) electrons. The summed E-state index contributed by atoms with van der Waals surface area (Å²) < 4.78 is 0. The van der Waals surface area contributed by atoms with Gasteiger partial charge in [-0.15, -0.1) is 0 Å². The molecule has 10 heavy (non-hydrogen) atoms. The minimum absolute atomic E-state index is 0.833. The maximum atomic E-state index is 9.00. The van der Waals surface area contributed by atoms with Gasteiger partial charge in [0, 0.05) is 13.8 Å². The van der Waals surface area contributed by atoms with E-state index in [-0.39, 0.29) is 0 Å². The zero-order valence-corrected chi connectivity index (χ0v) is 9.67. The minimum atomic E-state index is -0.833. The van der Waals surface area contributed by atoms with Gasteiger partial charge in [0.05, 0.1) is 0 Å². The molecule has 0 saturated heterocycles. The van der Waals surface area contributed by atoms with Gasteiger partial charge >= 0.3 is 30.2 Å². The Morgan fingerprint density at radius 1 is 1.10 bits per heavy atom. The fraction of sp³-hybridized carbons (Fsp3) is 0.500. The van der Waals surface area contributed by atoms with Gasteiger partial charge in [0.15, 0.2) is 0 Å². The molecule has 0 aromatic heterocycles. The molecule has 0 aliphatic rings. The van der Waals surface area contributed by atoms with Crippen molar-refractivity contribution >= 4 is 42.1 Å². The molecule has 0 amide bonds. The Balaban J connectivity index is -0.0000000787. The first-order chi connectivity index (χ1) is 4.46. The van der Waals surface area contributed by atoms with E-state index in [0.717, 1.165) is 13.8 Å². The van der Waals surface area contributed by atoms with Crippen LogP contribution in [-0.4, -0.2) is 38.8 Å². The first-order valence-electron chi connectivity index (χ1n) is 2.07. The zero-order valence-electron chi connectivity index (χ0n) is 5.67. The summed E-state index contributed by atoms with van der Waals surface area (Å²) in [5.74, 6) is -1.67. The number of carboxylic acids is 2. The SMILES string of the molecule is CC(=O)O.CC(=O)O.[Ga][Br]. The monoisotopic (exact) mass is 268 g/mol. The van der Waals surface area contributed by atoms with Crippen molar-refractivity contribution in [3.8, 4) is 0 Å². The number of carboxylic acid groups (broad SMARTS) is 2. The van der Waals surface area contributed by atoms with E-state index in [4.69, 9.17) is 19.8 Å². The Kier molecular flexibility index (Phi) is 26.5. The van der Waals surface area contributed by atoms with Crippen LogP contribution in [-0.2, 0) is 9.59 Å². The number of aliphatic carboxylic acids is 2. The van der Waals surface area contributed by atoms with E-state index < -0.39 is 11.9 Å². The van der Waals surface area contributed by atoms with E-state index in [1.807, 2.05) is 0 Å². The molecular formula is C4H8BrGaO4. The van der Waals surface area contributed by atoms with Crippen molar-refractivity contribution in [3.05, 3.63) is 0 Å². The molecule has 0 spiro atoms. The fourth-order valence-corrected chi connectivity index (χ4v) is 0. The summed E-state index contributed by atoms with van der Waals surface area (Å²) in [5, 5.41) is 14.8. The normalized spacial score (nSPS) is 5.50. The summed E-state index contributed by atoms with van der Waals surface area (Å²) in [4.78, 5) is 18.0. The second kappa shape index (κ2) is 16.0. The quantitative estimate of drug-likeness (QED) is 0.633. The van der Waals surface area contributed by atoms with Crippen LogP contribution in [0.1, 0.15) is 13.8 Å². The average Bonchev–Trinajstić information content (AvgIpc) is 1.66. The van der Waals surface area contributed by atoms with Gasteiger partial charge in [-0.1, -0.05) is 0 Å². The second-order valence-electron chi connectivity index (χ2n) is 1.04. The summed E-state index contributed by atoms with van der Waals surface area (Å²) in [6, 6.07) is 0. The predicted octanol–water partition coefficient (Wildman–Crippen LogP) is 0.647. The number of hydrogen-bond acceptors (Lipinski definition) is 2. The van der Waals surface area contributed by atoms with Crippen molar-refractivity contribution in [2.24, 2.45) is 0 Å². The summed E-state index contributed by atoms with van der Waals surface area (Å²) >= 11 is 4.50. The van der Waals surface area contributed by atoms with Crippen molar-refractivity contribution in [2.45, 2.75) is 13.8 Å². The Morgan fingerprint density at radius 2 is 1.10 bits per heavy atom. The first-order valence-corrected chi connectivity index (χ1v) is 7.75.